The molecule has 0 saturated heterocycles. The molecule has 0 aliphatic carbocycles. The summed E-state index contributed by atoms with van der Waals surface area (Å²) in [5, 5.41) is 8.03. The van der Waals surface area contributed by atoms with E-state index in [0.717, 1.165) is 32.5 Å². The Kier molecular flexibility index (Phi) is 6.20. The summed E-state index contributed by atoms with van der Waals surface area (Å²) in [5.41, 5.74) is 2.52. The lowest BCUT2D eigenvalue weighted by molar-refractivity contribution is 0.493. The SMILES string of the molecule is CCNCC(C)Cc1c(Br)c(CC)nn1CC. The van der Waals surface area contributed by atoms with E-state index in [9.17, 15) is 0 Å². The Morgan fingerprint density at radius 2 is 2.06 bits per heavy atom. The maximum Gasteiger partial charge on any atom is 0.0766 e. The van der Waals surface area contributed by atoms with E-state index in [0.29, 0.717) is 5.92 Å². The molecule has 0 fully saturated rings. The van der Waals surface area contributed by atoms with Crippen molar-refractivity contribution in [1.29, 1.82) is 0 Å². The van der Waals surface area contributed by atoms with Crippen LogP contribution >= 0.6 is 15.9 Å². The van der Waals surface area contributed by atoms with Crippen LogP contribution in [0.1, 0.15) is 39.1 Å². The smallest absolute Gasteiger partial charge is 0.0766 e. The predicted molar refractivity (Wildman–Crippen MR) is 76.4 cm³/mol. The summed E-state index contributed by atoms with van der Waals surface area (Å²) in [6.45, 7) is 11.8. The first-order valence-corrected chi connectivity index (χ1v) is 7.37. The zero-order valence-electron chi connectivity index (χ0n) is 11.4. The predicted octanol–water partition coefficient (Wildman–Crippen LogP) is 3.02. The minimum atomic E-state index is 0.637. The van der Waals surface area contributed by atoms with Crippen LogP contribution in [-0.4, -0.2) is 22.9 Å². The molecule has 0 aromatic carbocycles. The average Bonchev–Trinajstić information content (AvgIpc) is 2.63. The molecular weight excluding hydrogens is 278 g/mol. The van der Waals surface area contributed by atoms with Crippen LogP contribution < -0.4 is 5.32 Å². The molecule has 0 saturated carbocycles. The van der Waals surface area contributed by atoms with Gasteiger partial charge in [0.15, 0.2) is 0 Å². The Bertz CT molecular complexity index is 347. The molecule has 1 atom stereocenters. The highest BCUT2D eigenvalue weighted by Gasteiger charge is 2.15. The highest BCUT2D eigenvalue weighted by molar-refractivity contribution is 9.10. The summed E-state index contributed by atoms with van der Waals surface area (Å²) in [5.74, 6) is 0.637. The largest absolute Gasteiger partial charge is 0.317 e. The van der Waals surface area contributed by atoms with Crippen molar-refractivity contribution in [3.63, 3.8) is 0 Å². The van der Waals surface area contributed by atoms with E-state index >= 15 is 0 Å². The fourth-order valence-electron chi connectivity index (χ4n) is 2.01. The number of halogens is 1. The number of nitrogens with zero attached hydrogens (tertiary/aromatic N) is 2. The molecule has 0 spiro atoms. The third-order valence-electron chi connectivity index (χ3n) is 2.98. The van der Waals surface area contributed by atoms with Crippen LogP contribution in [0.4, 0.5) is 0 Å². The second-order valence-corrected chi connectivity index (χ2v) is 5.29. The van der Waals surface area contributed by atoms with Crippen LogP contribution in [0.3, 0.4) is 0 Å². The Morgan fingerprint density at radius 3 is 2.59 bits per heavy atom. The van der Waals surface area contributed by atoms with E-state index in [1.54, 1.807) is 0 Å². The molecule has 0 bridgehead atoms. The molecular formula is C13H24BrN3. The lowest BCUT2D eigenvalue weighted by atomic mass is 10.1. The van der Waals surface area contributed by atoms with E-state index in [1.807, 2.05) is 0 Å². The average molecular weight is 302 g/mol. The van der Waals surface area contributed by atoms with Crippen LogP contribution in [0.15, 0.2) is 4.47 Å². The third-order valence-corrected chi connectivity index (χ3v) is 3.89. The molecule has 1 unspecified atom stereocenters. The molecule has 1 rings (SSSR count). The Labute approximate surface area is 113 Å². The fraction of sp³-hybridized carbons (Fsp3) is 0.769. The zero-order chi connectivity index (χ0) is 12.8. The van der Waals surface area contributed by atoms with Crippen molar-refractivity contribution < 1.29 is 0 Å². The number of hydrogen-bond donors (Lipinski definition) is 1. The Balaban J connectivity index is 2.78. The van der Waals surface area contributed by atoms with Gasteiger partial charge in [0, 0.05) is 6.54 Å². The summed E-state index contributed by atoms with van der Waals surface area (Å²) in [7, 11) is 0. The highest BCUT2D eigenvalue weighted by Crippen LogP contribution is 2.24. The number of hydrogen-bond acceptors (Lipinski definition) is 2. The van der Waals surface area contributed by atoms with Gasteiger partial charge >= 0.3 is 0 Å². The molecule has 0 aliphatic rings. The molecule has 1 aromatic heterocycles. The third kappa shape index (κ3) is 3.81. The minimum absolute atomic E-state index is 0.637. The van der Waals surface area contributed by atoms with Crippen LogP contribution in [0.2, 0.25) is 0 Å². The molecule has 0 radical (unpaired) electrons. The van der Waals surface area contributed by atoms with Gasteiger partial charge in [-0.05, 0) is 54.7 Å². The van der Waals surface area contributed by atoms with Gasteiger partial charge in [0.1, 0.15) is 0 Å². The Morgan fingerprint density at radius 1 is 1.35 bits per heavy atom. The van der Waals surface area contributed by atoms with Crippen molar-refractivity contribution in [2.24, 2.45) is 5.92 Å². The van der Waals surface area contributed by atoms with Crippen molar-refractivity contribution in [2.75, 3.05) is 13.1 Å². The van der Waals surface area contributed by atoms with Crippen LogP contribution in [-0.2, 0) is 19.4 Å². The van der Waals surface area contributed by atoms with Crippen molar-refractivity contribution in [2.45, 2.75) is 47.1 Å². The van der Waals surface area contributed by atoms with Crippen molar-refractivity contribution >= 4 is 15.9 Å². The second kappa shape index (κ2) is 7.17. The maximum atomic E-state index is 4.63. The summed E-state index contributed by atoms with van der Waals surface area (Å²) in [6, 6.07) is 0. The minimum Gasteiger partial charge on any atom is -0.317 e. The van der Waals surface area contributed by atoms with Gasteiger partial charge in [0.25, 0.3) is 0 Å². The first-order chi connectivity index (χ1) is 8.13. The van der Waals surface area contributed by atoms with E-state index in [2.05, 4.69) is 58.7 Å². The number of aryl methyl sites for hydroxylation is 2. The first kappa shape index (κ1) is 14.7. The molecule has 1 heterocycles. The quantitative estimate of drug-likeness (QED) is 0.839. The topological polar surface area (TPSA) is 29.9 Å². The van der Waals surface area contributed by atoms with Gasteiger partial charge in [0.05, 0.1) is 15.9 Å². The summed E-state index contributed by atoms with van der Waals surface area (Å²) >= 11 is 3.70. The maximum absolute atomic E-state index is 4.63. The Hall–Kier alpha value is -0.350. The van der Waals surface area contributed by atoms with Gasteiger partial charge in [0.2, 0.25) is 0 Å². The molecule has 3 nitrogen and oxygen atoms in total. The van der Waals surface area contributed by atoms with Gasteiger partial charge in [-0.3, -0.25) is 4.68 Å². The van der Waals surface area contributed by atoms with Gasteiger partial charge in [-0.25, -0.2) is 0 Å². The molecule has 0 aliphatic heterocycles. The van der Waals surface area contributed by atoms with E-state index < -0.39 is 0 Å². The van der Waals surface area contributed by atoms with Gasteiger partial charge < -0.3 is 5.32 Å². The van der Waals surface area contributed by atoms with E-state index in [-0.39, 0.29) is 0 Å². The molecule has 0 amide bonds. The van der Waals surface area contributed by atoms with Gasteiger partial charge in [-0.1, -0.05) is 20.8 Å². The van der Waals surface area contributed by atoms with Crippen LogP contribution in [0, 0.1) is 5.92 Å². The van der Waals surface area contributed by atoms with Crippen LogP contribution in [0.5, 0.6) is 0 Å². The van der Waals surface area contributed by atoms with Crippen LogP contribution in [0.25, 0.3) is 0 Å². The molecule has 98 valence electrons. The number of nitrogens with one attached hydrogen (secondary N) is 1. The monoisotopic (exact) mass is 301 g/mol. The van der Waals surface area contributed by atoms with E-state index in [1.165, 1.54) is 15.9 Å². The van der Waals surface area contributed by atoms with E-state index in [4.69, 9.17) is 0 Å². The van der Waals surface area contributed by atoms with Crippen molar-refractivity contribution in [3.8, 4) is 0 Å². The standard InChI is InChI=1S/C13H24BrN3/c1-5-11-13(14)12(17(7-3)16-11)8-10(4)9-15-6-2/h10,15H,5-9H2,1-4H3. The lowest BCUT2D eigenvalue weighted by Gasteiger charge is -2.13. The zero-order valence-corrected chi connectivity index (χ0v) is 13.0. The molecule has 1 aromatic rings. The fourth-order valence-corrected chi connectivity index (χ4v) is 2.73. The van der Waals surface area contributed by atoms with Gasteiger partial charge in [-0.15, -0.1) is 0 Å². The number of rotatable bonds is 7. The number of aromatic nitrogens is 2. The van der Waals surface area contributed by atoms with Crippen molar-refractivity contribution in [1.82, 2.24) is 15.1 Å². The lowest BCUT2D eigenvalue weighted by Crippen LogP contribution is -2.22. The normalized spacial score (nSPS) is 13.0. The van der Waals surface area contributed by atoms with Gasteiger partial charge in [-0.2, -0.15) is 5.10 Å². The highest BCUT2D eigenvalue weighted by atomic mass is 79.9. The first-order valence-electron chi connectivity index (χ1n) is 6.58. The molecule has 1 N–H and O–H groups in total. The summed E-state index contributed by atoms with van der Waals surface area (Å²) in [6.07, 6.45) is 2.07. The molecule has 4 heteroatoms. The van der Waals surface area contributed by atoms with Crippen molar-refractivity contribution in [3.05, 3.63) is 15.9 Å². The summed E-state index contributed by atoms with van der Waals surface area (Å²) in [4.78, 5) is 0. The second-order valence-electron chi connectivity index (χ2n) is 4.49. The summed E-state index contributed by atoms with van der Waals surface area (Å²) < 4.78 is 3.34. The molecule has 17 heavy (non-hydrogen) atoms.